The number of hydrogen-bond acceptors (Lipinski definition) is 5. The molecule has 0 bridgehead atoms. The zero-order valence-electron chi connectivity index (χ0n) is 11.3. The summed E-state index contributed by atoms with van der Waals surface area (Å²) in [6, 6.07) is 6.75. The van der Waals surface area contributed by atoms with Crippen molar-refractivity contribution in [1.82, 2.24) is 15.0 Å². The Kier molecular flexibility index (Phi) is 2.38. The molecule has 1 aromatic carbocycles. The van der Waals surface area contributed by atoms with Crippen molar-refractivity contribution < 1.29 is 9.90 Å². The van der Waals surface area contributed by atoms with E-state index in [9.17, 15) is 9.90 Å². The monoisotopic (exact) mass is 283 g/mol. The lowest BCUT2D eigenvalue weighted by Crippen LogP contribution is -2.41. The molecule has 106 valence electrons. The molecule has 0 aliphatic carbocycles. The van der Waals surface area contributed by atoms with Crippen LogP contribution in [0.3, 0.4) is 0 Å². The van der Waals surface area contributed by atoms with Gasteiger partial charge in [-0.3, -0.25) is 4.99 Å². The normalized spacial score (nSPS) is 22.4. The van der Waals surface area contributed by atoms with Gasteiger partial charge >= 0.3 is 5.97 Å². The molecule has 21 heavy (non-hydrogen) atoms. The van der Waals surface area contributed by atoms with Crippen LogP contribution in [0.25, 0.3) is 5.69 Å². The summed E-state index contributed by atoms with van der Waals surface area (Å²) in [5.74, 6) is -0.908. The number of nitrogens with zero attached hydrogens (tertiary/aromatic N) is 5. The van der Waals surface area contributed by atoms with Crippen molar-refractivity contribution >= 4 is 18.0 Å². The van der Waals surface area contributed by atoms with Crippen LogP contribution in [0.2, 0.25) is 0 Å². The molecule has 0 saturated heterocycles. The Hall–Kier alpha value is -2.70. The van der Waals surface area contributed by atoms with E-state index in [1.807, 2.05) is 36.1 Å². The van der Waals surface area contributed by atoms with Crippen LogP contribution in [-0.2, 0) is 11.2 Å². The molecule has 2 aromatic rings. The van der Waals surface area contributed by atoms with Crippen LogP contribution in [0.5, 0.6) is 0 Å². The third-order valence-electron chi connectivity index (χ3n) is 4.07. The Labute approximate surface area is 120 Å². The molecule has 0 spiro atoms. The lowest BCUT2D eigenvalue weighted by molar-refractivity contribution is -0.138. The summed E-state index contributed by atoms with van der Waals surface area (Å²) >= 11 is 0. The molecule has 0 saturated carbocycles. The number of aromatic nitrogens is 3. The molecular formula is C14H13N5O2. The Morgan fingerprint density at radius 3 is 2.86 bits per heavy atom. The van der Waals surface area contributed by atoms with Crippen molar-refractivity contribution in [2.24, 2.45) is 4.99 Å². The molecule has 1 N–H and O–H groups in total. The van der Waals surface area contributed by atoms with Crippen molar-refractivity contribution in [1.29, 1.82) is 0 Å². The smallest absolute Gasteiger partial charge is 0.330 e. The first-order chi connectivity index (χ1) is 10.2. The zero-order valence-corrected chi connectivity index (χ0v) is 11.3. The Bertz CT molecular complexity index is 766. The fourth-order valence-electron chi connectivity index (χ4n) is 3.02. The number of benzene rings is 1. The number of anilines is 1. The van der Waals surface area contributed by atoms with Crippen LogP contribution in [-0.4, -0.2) is 44.5 Å². The van der Waals surface area contributed by atoms with E-state index in [1.54, 1.807) is 11.0 Å². The maximum atomic E-state index is 11.4. The van der Waals surface area contributed by atoms with E-state index in [2.05, 4.69) is 15.3 Å². The molecule has 2 unspecified atom stereocenters. The van der Waals surface area contributed by atoms with Crippen molar-refractivity contribution in [2.75, 3.05) is 4.90 Å². The molecular weight excluding hydrogens is 270 g/mol. The summed E-state index contributed by atoms with van der Waals surface area (Å²) in [5.41, 5.74) is 3.56. The summed E-state index contributed by atoms with van der Waals surface area (Å²) in [7, 11) is 0. The second-order valence-electron chi connectivity index (χ2n) is 5.25. The predicted octanol–water partition coefficient (Wildman–Crippen LogP) is 0.802. The summed E-state index contributed by atoms with van der Waals surface area (Å²) in [5, 5.41) is 17.7. The third kappa shape index (κ3) is 1.60. The molecule has 0 amide bonds. The van der Waals surface area contributed by atoms with Crippen molar-refractivity contribution in [3.05, 3.63) is 35.7 Å². The van der Waals surface area contributed by atoms with Crippen molar-refractivity contribution in [3.8, 4) is 5.69 Å². The number of carboxylic acids is 1. The second kappa shape index (κ2) is 4.15. The van der Waals surface area contributed by atoms with E-state index in [1.165, 1.54) is 0 Å². The van der Waals surface area contributed by atoms with Gasteiger partial charge in [-0.2, -0.15) is 0 Å². The van der Waals surface area contributed by atoms with Gasteiger partial charge in [-0.1, -0.05) is 17.3 Å². The van der Waals surface area contributed by atoms with Crippen molar-refractivity contribution in [3.63, 3.8) is 0 Å². The predicted molar refractivity (Wildman–Crippen MR) is 76.0 cm³/mol. The number of rotatable bonds is 1. The Morgan fingerprint density at radius 2 is 2.10 bits per heavy atom. The summed E-state index contributed by atoms with van der Waals surface area (Å²) in [4.78, 5) is 17.5. The SMILES string of the molecule is Cc1nnn2c1CC1C(C(=O)O)N=CN1c1ccccc1-2. The highest BCUT2D eigenvalue weighted by atomic mass is 16.4. The highest BCUT2D eigenvalue weighted by molar-refractivity contribution is 5.92. The number of para-hydroxylation sites is 2. The van der Waals surface area contributed by atoms with Gasteiger partial charge in [-0.25, -0.2) is 9.48 Å². The molecule has 3 heterocycles. The first-order valence-electron chi connectivity index (χ1n) is 6.72. The van der Waals surface area contributed by atoms with E-state index >= 15 is 0 Å². The minimum Gasteiger partial charge on any atom is -0.480 e. The lowest BCUT2D eigenvalue weighted by atomic mass is 10.0. The average molecular weight is 283 g/mol. The number of hydrogen-bond donors (Lipinski definition) is 1. The number of aliphatic carboxylic acids is 1. The average Bonchev–Trinajstić information content (AvgIpc) is 3.01. The van der Waals surface area contributed by atoms with Crippen molar-refractivity contribution in [2.45, 2.75) is 25.4 Å². The van der Waals surface area contributed by atoms with E-state index in [0.29, 0.717) is 6.42 Å². The summed E-state index contributed by atoms with van der Waals surface area (Å²) < 4.78 is 1.80. The number of aliphatic imine (C=N–C) groups is 1. The number of fused-ring (bicyclic) bond motifs is 5. The van der Waals surface area contributed by atoms with Gasteiger partial charge in [0.05, 0.1) is 35.1 Å². The fraction of sp³-hybridized carbons (Fsp3) is 0.286. The standard InChI is InChI=1S/C14H13N5O2/c1-8-11-6-12-13(14(20)21)15-7-18(12)9-4-2-3-5-10(9)19(11)17-16-8/h2-5,7,12-13H,6H2,1H3,(H,20,21). The van der Waals surface area contributed by atoms with E-state index in [-0.39, 0.29) is 6.04 Å². The molecule has 2 atom stereocenters. The molecule has 2 aliphatic heterocycles. The summed E-state index contributed by atoms with van der Waals surface area (Å²) in [6.07, 6.45) is 2.17. The maximum absolute atomic E-state index is 11.4. The second-order valence-corrected chi connectivity index (χ2v) is 5.25. The van der Waals surface area contributed by atoms with Gasteiger partial charge in [0.15, 0.2) is 6.04 Å². The lowest BCUT2D eigenvalue weighted by Gasteiger charge is -2.24. The number of carbonyl (C=O) groups is 1. The van der Waals surface area contributed by atoms with Gasteiger partial charge in [-0.05, 0) is 19.1 Å². The molecule has 7 nitrogen and oxygen atoms in total. The summed E-state index contributed by atoms with van der Waals surface area (Å²) in [6.45, 7) is 1.89. The molecule has 7 heteroatoms. The van der Waals surface area contributed by atoms with Gasteiger partial charge in [0, 0.05) is 6.42 Å². The minimum atomic E-state index is -0.908. The third-order valence-corrected chi connectivity index (χ3v) is 4.07. The van der Waals surface area contributed by atoms with Gasteiger partial charge in [0.25, 0.3) is 0 Å². The topological polar surface area (TPSA) is 83.6 Å². The first-order valence-corrected chi connectivity index (χ1v) is 6.72. The van der Waals surface area contributed by atoms with Crippen LogP contribution >= 0.6 is 0 Å². The van der Waals surface area contributed by atoms with Crippen LogP contribution in [0, 0.1) is 6.92 Å². The van der Waals surface area contributed by atoms with Gasteiger partial charge in [-0.15, -0.1) is 5.10 Å². The van der Waals surface area contributed by atoms with Gasteiger partial charge < -0.3 is 10.0 Å². The van der Waals surface area contributed by atoms with Crippen LogP contribution in [0.15, 0.2) is 29.3 Å². The number of aryl methyl sites for hydroxylation is 1. The fourth-order valence-corrected chi connectivity index (χ4v) is 3.02. The van der Waals surface area contributed by atoms with Crippen LogP contribution in [0.4, 0.5) is 5.69 Å². The van der Waals surface area contributed by atoms with Gasteiger partial charge in [0.2, 0.25) is 0 Å². The van der Waals surface area contributed by atoms with E-state index < -0.39 is 12.0 Å². The van der Waals surface area contributed by atoms with Crippen LogP contribution in [0.1, 0.15) is 11.4 Å². The van der Waals surface area contributed by atoms with Gasteiger partial charge in [0.1, 0.15) is 0 Å². The molecule has 2 aliphatic rings. The minimum absolute atomic E-state index is 0.248. The number of carboxylic acid groups (broad SMARTS) is 1. The largest absolute Gasteiger partial charge is 0.480 e. The van der Waals surface area contributed by atoms with E-state index in [4.69, 9.17) is 0 Å². The highest BCUT2D eigenvalue weighted by Crippen LogP contribution is 2.34. The molecule has 0 fully saturated rings. The maximum Gasteiger partial charge on any atom is 0.330 e. The molecule has 0 radical (unpaired) electrons. The van der Waals surface area contributed by atoms with E-state index in [0.717, 1.165) is 22.8 Å². The Balaban J connectivity index is 1.95. The molecule has 4 rings (SSSR count). The Morgan fingerprint density at radius 1 is 1.33 bits per heavy atom. The quantitative estimate of drug-likeness (QED) is 0.837. The molecule has 1 aromatic heterocycles. The first kappa shape index (κ1) is 12.1. The highest BCUT2D eigenvalue weighted by Gasteiger charge is 2.40. The van der Waals surface area contributed by atoms with Crippen LogP contribution < -0.4 is 4.90 Å². The zero-order chi connectivity index (χ0) is 14.6.